The van der Waals surface area contributed by atoms with Crippen LogP contribution in [0.15, 0.2) is 71.3 Å². The molecule has 1 N–H and O–H groups in total. The molecule has 1 amide bonds. The second-order valence-corrected chi connectivity index (χ2v) is 8.12. The van der Waals surface area contributed by atoms with Crippen LogP contribution in [0.1, 0.15) is 21.7 Å². The Morgan fingerprint density at radius 2 is 1.83 bits per heavy atom. The van der Waals surface area contributed by atoms with Gasteiger partial charge in [-0.05, 0) is 67.6 Å². The van der Waals surface area contributed by atoms with Gasteiger partial charge in [0.05, 0.1) is 22.3 Å². The summed E-state index contributed by atoms with van der Waals surface area (Å²) in [5.41, 5.74) is 1.51. The SMILES string of the molecule is Cc1c(C(=O)Nc2cccc(C(F)(F)F)c2)nnn1-c1ccc2noc(-c3ccc(Cl)cc3)c2c1. The zero-order valence-corrected chi connectivity index (χ0v) is 18.7. The van der Waals surface area contributed by atoms with Crippen LogP contribution < -0.4 is 5.32 Å². The molecule has 0 radical (unpaired) electrons. The lowest BCUT2D eigenvalue weighted by atomic mass is 10.1. The van der Waals surface area contributed by atoms with Gasteiger partial charge < -0.3 is 9.84 Å². The third-order valence-corrected chi connectivity index (χ3v) is 5.62. The van der Waals surface area contributed by atoms with E-state index in [0.29, 0.717) is 27.7 Å². The third-order valence-electron chi connectivity index (χ3n) is 5.37. The molecule has 0 fully saturated rings. The minimum Gasteiger partial charge on any atom is -0.355 e. The van der Waals surface area contributed by atoms with E-state index in [1.807, 2.05) is 12.1 Å². The van der Waals surface area contributed by atoms with Crippen LogP contribution in [0.4, 0.5) is 18.9 Å². The van der Waals surface area contributed by atoms with Crippen LogP contribution >= 0.6 is 11.6 Å². The number of halogens is 4. The van der Waals surface area contributed by atoms with Gasteiger partial charge >= 0.3 is 6.18 Å². The highest BCUT2D eigenvalue weighted by Gasteiger charge is 2.30. The van der Waals surface area contributed by atoms with Crippen molar-refractivity contribution in [3.63, 3.8) is 0 Å². The smallest absolute Gasteiger partial charge is 0.355 e. The predicted octanol–water partition coefficient (Wildman–Crippen LogP) is 6.31. The minimum atomic E-state index is -4.52. The Balaban J connectivity index is 1.45. The molecule has 176 valence electrons. The third kappa shape index (κ3) is 4.35. The summed E-state index contributed by atoms with van der Waals surface area (Å²) in [6, 6.07) is 16.8. The number of nitrogens with one attached hydrogen (secondary N) is 1. The van der Waals surface area contributed by atoms with Crippen LogP contribution in [0.3, 0.4) is 0 Å². The van der Waals surface area contributed by atoms with E-state index in [4.69, 9.17) is 16.1 Å². The summed E-state index contributed by atoms with van der Waals surface area (Å²) in [5.74, 6) is -0.139. The Morgan fingerprint density at radius 1 is 1.06 bits per heavy atom. The zero-order valence-electron chi connectivity index (χ0n) is 18.0. The number of amides is 1. The van der Waals surface area contributed by atoms with E-state index in [1.54, 1.807) is 37.3 Å². The van der Waals surface area contributed by atoms with Crippen molar-refractivity contribution in [3.05, 3.63) is 88.7 Å². The number of hydrogen-bond donors (Lipinski definition) is 1. The molecule has 5 aromatic rings. The molecule has 2 aromatic heterocycles. The maximum atomic E-state index is 13.0. The topological polar surface area (TPSA) is 85.8 Å². The number of anilines is 1. The molecular formula is C24H15ClF3N5O2. The van der Waals surface area contributed by atoms with Crippen LogP contribution in [0.2, 0.25) is 5.02 Å². The average molecular weight is 498 g/mol. The maximum absolute atomic E-state index is 13.0. The summed E-state index contributed by atoms with van der Waals surface area (Å²) < 4.78 is 45.9. The molecule has 0 spiro atoms. The second-order valence-electron chi connectivity index (χ2n) is 7.69. The van der Waals surface area contributed by atoms with E-state index in [2.05, 4.69) is 20.8 Å². The second kappa shape index (κ2) is 8.55. The molecule has 11 heteroatoms. The molecule has 5 rings (SSSR count). The summed E-state index contributed by atoms with van der Waals surface area (Å²) >= 11 is 5.97. The molecule has 0 unspecified atom stereocenters. The lowest BCUT2D eigenvalue weighted by molar-refractivity contribution is -0.137. The molecule has 7 nitrogen and oxygen atoms in total. The van der Waals surface area contributed by atoms with Crippen molar-refractivity contribution in [2.45, 2.75) is 13.1 Å². The first-order chi connectivity index (χ1) is 16.7. The molecule has 0 aliphatic carbocycles. The minimum absolute atomic E-state index is 0.00253. The van der Waals surface area contributed by atoms with Gasteiger partial charge in [0.15, 0.2) is 11.5 Å². The monoisotopic (exact) mass is 497 g/mol. The standard InChI is InChI=1S/C24H15ClF3N5O2/c1-13-21(23(34)29-17-4-2-3-15(11-17)24(26,27)28)30-32-33(13)18-9-10-20-19(12-18)22(35-31-20)14-5-7-16(25)8-6-14/h2-12H,1H3,(H,29,34). The van der Waals surface area contributed by atoms with Gasteiger partial charge in [-0.3, -0.25) is 4.79 Å². The first-order valence-electron chi connectivity index (χ1n) is 10.3. The quantitative estimate of drug-likeness (QED) is 0.314. The van der Waals surface area contributed by atoms with Crippen LogP contribution in [0, 0.1) is 6.92 Å². The first kappa shape index (κ1) is 22.6. The molecule has 0 aliphatic heterocycles. The molecule has 3 aromatic carbocycles. The fourth-order valence-electron chi connectivity index (χ4n) is 3.62. The van der Waals surface area contributed by atoms with Gasteiger partial charge in [0.25, 0.3) is 5.91 Å². The molecule has 0 saturated heterocycles. The van der Waals surface area contributed by atoms with E-state index in [9.17, 15) is 18.0 Å². The van der Waals surface area contributed by atoms with Gasteiger partial charge in [0.2, 0.25) is 0 Å². The van der Waals surface area contributed by atoms with E-state index >= 15 is 0 Å². The molecule has 35 heavy (non-hydrogen) atoms. The zero-order chi connectivity index (χ0) is 24.7. The number of aromatic nitrogens is 4. The van der Waals surface area contributed by atoms with Gasteiger partial charge in [0, 0.05) is 16.3 Å². The molecule has 0 aliphatic rings. The highest BCUT2D eigenvalue weighted by Crippen LogP contribution is 2.32. The molecule has 0 atom stereocenters. The Labute approximate surface area is 201 Å². The Kier molecular flexibility index (Phi) is 5.52. The van der Waals surface area contributed by atoms with Crippen LogP contribution in [0.5, 0.6) is 0 Å². The van der Waals surface area contributed by atoms with Crippen molar-refractivity contribution in [1.82, 2.24) is 20.2 Å². The van der Waals surface area contributed by atoms with E-state index in [-0.39, 0.29) is 11.4 Å². The Morgan fingerprint density at radius 3 is 2.57 bits per heavy atom. The first-order valence-corrected chi connectivity index (χ1v) is 10.6. The van der Waals surface area contributed by atoms with Crippen molar-refractivity contribution in [2.24, 2.45) is 0 Å². The number of carbonyl (C=O) groups excluding carboxylic acids is 1. The lowest BCUT2D eigenvalue weighted by Crippen LogP contribution is -2.15. The normalized spacial score (nSPS) is 11.7. The van der Waals surface area contributed by atoms with E-state index in [0.717, 1.165) is 23.1 Å². The highest BCUT2D eigenvalue weighted by molar-refractivity contribution is 6.30. The highest BCUT2D eigenvalue weighted by atomic mass is 35.5. The van der Waals surface area contributed by atoms with Gasteiger partial charge in [-0.15, -0.1) is 5.10 Å². The number of carbonyl (C=O) groups is 1. The predicted molar refractivity (Wildman–Crippen MR) is 124 cm³/mol. The summed E-state index contributed by atoms with van der Waals surface area (Å²) in [7, 11) is 0. The van der Waals surface area contributed by atoms with Crippen molar-refractivity contribution in [3.8, 4) is 17.0 Å². The molecule has 0 bridgehead atoms. The van der Waals surface area contributed by atoms with Crippen molar-refractivity contribution >= 4 is 34.1 Å². The van der Waals surface area contributed by atoms with Crippen molar-refractivity contribution in [1.29, 1.82) is 0 Å². The average Bonchev–Trinajstić information content (AvgIpc) is 3.42. The van der Waals surface area contributed by atoms with Crippen LogP contribution in [-0.2, 0) is 6.18 Å². The number of nitrogens with zero attached hydrogens (tertiary/aromatic N) is 4. The van der Waals surface area contributed by atoms with Gasteiger partial charge in [-0.2, -0.15) is 13.2 Å². The number of alkyl halides is 3. The number of hydrogen-bond acceptors (Lipinski definition) is 5. The number of benzene rings is 3. The Hall–Kier alpha value is -4.18. The molecule has 2 heterocycles. The fraction of sp³-hybridized carbons (Fsp3) is 0.0833. The largest absolute Gasteiger partial charge is 0.416 e. The summed E-state index contributed by atoms with van der Waals surface area (Å²) in [5, 5.41) is 15.8. The maximum Gasteiger partial charge on any atom is 0.416 e. The molecular weight excluding hydrogens is 483 g/mol. The summed E-state index contributed by atoms with van der Waals surface area (Å²) in [6.45, 7) is 1.64. The van der Waals surface area contributed by atoms with Crippen molar-refractivity contribution < 1.29 is 22.5 Å². The van der Waals surface area contributed by atoms with E-state index < -0.39 is 17.6 Å². The number of fused-ring (bicyclic) bond motifs is 1. The summed E-state index contributed by atoms with van der Waals surface area (Å²) in [4.78, 5) is 12.7. The lowest BCUT2D eigenvalue weighted by Gasteiger charge is -2.09. The fourth-order valence-corrected chi connectivity index (χ4v) is 3.74. The van der Waals surface area contributed by atoms with Crippen LogP contribution in [-0.4, -0.2) is 26.1 Å². The Bertz CT molecular complexity index is 1560. The van der Waals surface area contributed by atoms with E-state index in [1.165, 1.54) is 16.8 Å². The molecule has 0 saturated carbocycles. The van der Waals surface area contributed by atoms with Gasteiger partial charge in [0.1, 0.15) is 5.52 Å². The van der Waals surface area contributed by atoms with Crippen LogP contribution in [0.25, 0.3) is 27.9 Å². The van der Waals surface area contributed by atoms with Gasteiger partial charge in [-0.25, -0.2) is 4.68 Å². The van der Waals surface area contributed by atoms with Gasteiger partial charge in [-0.1, -0.05) is 28.0 Å². The van der Waals surface area contributed by atoms with Crippen molar-refractivity contribution in [2.75, 3.05) is 5.32 Å². The summed E-state index contributed by atoms with van der Waals surface area (Å²) in [6.07, 6.45) is -4.52. The number of rotatable bonds is 4.